The minimum absolute atomic E-state index is 0.0968. The molecule has 1 aromatic heterocycles. The molecule has 0 amide bonds. The number of rotatable bonds is 5. The maximum absolute atomic E-state index is 5.94. The van der Waals surface area contributed by atoms with Crippen LogP contribution in [0, 0.1) is 0 Å². The Kier molecular flexibility index (Phi) is 4.39. The minimum Gasteiger partial charge on any atom is -0.493 e. The number of methoxy groups -OCH3 is 2. The number of hydrogen-bond acceptors (Lipinski definition) is 6. The maximum atomic E-state index is 5.94. The molecule has 0 unspecified atom stereocenters. The van der Waals surface area contributed by atoms with E-state index in [0.29, 0.717) is 34.9 Å². The van der Waals surface area contributed by atoms with Crippen molar-refractivity contribution in [2.45, 2.75) is 19.4 Å². The zero-order valence-electron chi connectivity index (χ0n) is 12.4. The van der Waals surface area contributed by atoms with E-state index in [9.17, 15) is 0 Å². The molecular formula is C14H18ClN3O3. The zero-order chi connectivity index (χ0) is 15.6. The highest BCUT2D eigenvalue weighted by Gasteiger charge is 2.17. The van der Waals surface area contributed by atoms with Crippen molar-refractivity contribution in [2.24, 2.45) is 5.73 Å². The number of nitrogens with zero attached hydrogens (tertiary/aromatic N) is 2. The smallest absolute Gasteiger partial charge is 0.226 e. The van der Waals surface area contributed by atoms with Crippen molar-refractivity contribution in [3.05, 3.63) is 17.4 Å². The van der Waals surface area contributed by atoms with Gasteiger partial charge in [0.05, 0.1) is 25.1 Å². The Bertz CT molecular complexity index is 656. The van der Waals surface area contributed by atoms with Crippen LogP contribution in [0.4, 0.5) is 0 Å². The van der Waals surface area contributed by atoms with Crippen LogP contribution in [-0.4, -0.2) is 36.3 Å². The molecule has 0 spiro atoms. The Balaban J connectivity index is 2.53. The van der Waals surface area contributed by atoms with Gasteiger partial charge in [0.2, 0.25) is 11.2 Å². The molecule has 2 rings (SSSR count). The third-order valence-corrected chi connectivity index (χ3v) is 2.89. The van der Waals surface area contributed by atoms with Crippen LogP contribution in [0.5, 0.6) is 17.4 Å². The summed E-state index contributed by atoms with van der Waals surface area (Å²) in [5.41, 5.74) is 6.04. The summed E-state index contributed by atoms with van der Waals surface area (Å²) in [5, 5.41) is 0.779. The Morgan fingerprint density at radius 1 is 1.14 bits per heavy atom. The average molecular weight is 312 g/mol. The summed E-state index contributed by atoms with van der Waals surface area (Å²) >= 11 is 5.94. The quantitative estimate of drug-likeness (QED) is 0.854. The first-order chi connectivity index (χ1) is 9.84. The number of ether oxygens (including phenoxy) is 3. The molecule has 6 nitrogen and oxygen atoms in total. The van der Waals surface area contributed by atoms with Gasteiger partial charge in [0.15, 0.2) is 11.5 Å². The molecule has 0 radical (unpaired) electrons. The summed E-state index contributed by atoms with van der Waals surface area (Å²) in [7, 11) is 3.12. The van der Waals surface area contributed by atoms with Gasteiger partial charge in [0.25, 0.3) is 0 Å². The number of fused-ring (bicyclic) bond motifs is 1. The Morgan fingerprint density at radius 3 is 2.33 bits per heavy atom. The molecule has 0 bridgehead atoms. The summed E-state index contributed by atoms with van der Waals surface area (Å²) < 4.78 is 16.2. The van der Waals surface area contributed by atoms with E-state index in [-0.39, 0.29) is 5.28 Å². The van der Waals surface area contributed by atoms with Crippen LogP contribution in [0.25, 0.3) is 10.9 Å². The van der Waals surface area contributed by atoms with Crippen molar-refractivity contribution >= 4 is 22.5 Å². The molecular weight excluding hydrogens is 294 g/mol. The van der Waals surface area contributed by atoms with E-state index >= 15 is 0 Å². The molecule has 0 atom stereocenters. The lowest BCUT2D eigenvalue weighted by Gasteiger charge is -2.19. The van der Waals surface area contributed by atoms with E-state index in [4.69, 9.17) is 31.5 Å². The monoisotopic (exact) mass is 311 g/mol. The minimum atomic E-state index is -0.486. The Labute approximate surface area is 128 Å². The number of hydrogen-bond donors (Lipinski definition) is 1. The van der Waals surface area contributed by atoms with E-state index in [1.165, 1.54) is 0 Å². The van der Waals surface area contributed by atoms with Gasteiger partial charge in [-0.15, -0.1) is 0 Å². The first kappa shape index (κ1) is 15.6. The number of aromatic nitrogens is 2. The van der Waals surface area contributed by atoms with E-state index in [2.05, 4.69) is 9.97 Å². The van der Waals surface area contributed by atoms with Gasteiger partial charge in [0, 0.05) is 11.6 Å². The highest BCUT2D eigenvalue weighted by atomic mass is 35.5. The third-order valence-electron chi connectivity index (χ3n) is 2.72. The van der Waals surface area contributed by atoms with Crippen LogP contribution in [0.1, 0.15) is 13.8 Å². The molecule has 21 heavy (non-hydrogen) atoms. The Morgan fingerprint density at radius 2 is 1.76 bits per heavy atom. The van der Waals surface area contributed by atoms with Crippen LogP contribution in [0.3, 0.4) is 0 Å². The van der Waals surface area contributed by atoms with Gasteiger partial charge in [0.1, 0.15) is 6.61 Å². The van der Waals surface area contributed by atoms with Gasteiger partial charge in [-0.25, -0.2) is 4.98 Å². The molecule has 1 aromatic carbocycles. The van der Waals surface area contributed by atoms with Gasteiger partial charge in [-0.3, -0.25) is 0 Å². The van der Waals surface area contributed by atoms with Gasteiger partial charge < -0.3 is 19.9 Å². The second-order valence-electron chi connectivity index (χ2n) is 5.30. The fourth-order valence-electron chi connectivity index (χ4n) is 1.76. The number of benzene rings is 1. The molecule has 0 saturated heterocycles. The standard InChI is InChI=1S/C14H18ClN3O3/c1-14(2,16)7-21-12-8-5-10(19-3)11(20-4)6-9(8)17-13(15)18-12/h5-6H,7,16H2,1-4H3. The number of halogens is 1. The van der Waals surface area contributed by atoms with Gasteiger partial charge >= 0.3 is 0 Å². The summed E-state index contributed by atoms with van der Waals surface area (Å²) in [4.78, 5) is 8.29. The van der Waals surface area contributed by atoms with Gasteiger partial charge in [-0.2, -0.15) is 4.98 Å². The molecule has 0 aliphatic carbocycles. The first-order valence-electron chi connectivity index (χ1n) is 6.35. The average Bonchev–Trinajstić information content (AvgIpc) is 2.42. The summed E-state index contributed by atoms with van der Waals surface area (Å²) in [6.07, 6.45) is 0. The largest absolute Gasteiger partial charge is 0.493 e. The topological polar surface area (TPSA) is 79.5 Å². The second kappa shape index (κ2) is 5.91. The first-order valence-corrected chi connectivity index (χ1v) is 6.73. The predicted molar refractivity (Wildman–Crippen MR) is 81.4 cm³/mol. The van der Waals surface area contributed by atoms with Crippen molar-refractivity contribution in [3.63, 3.8) is 0 Å². The fourth-order valence-corrected chi connectivity index (χ4v) is 1.93. The maximum Gasteiger partial charge on any atom is 0.226 e. The highest BCUT2D eigenvalue weighted by molar-refractivity contribution is 6.28. The van der Waals surface area contributed by atoms with Crippen molar-refractivity contribution in [3.8, 4) is 17.4 Å². The molecule has 7 heteroatoms. The summed E-state index contributed by atoms with van der Waals surface area (Å²) in [6.45, 7) is 4.02. The van der Waals surface area contributed by atoms with Crippen molar-refractivity contribution in [1.29, 1.82) is 0 Å². The normalized spacial score (nSPS) is 11.5. The molecule has 0 aliphatic heterocycles. The van der Waals surface area contributed by atoms with Crippen molar-refractivity contribution in [1.82, 2.24) is 9.97 Å². The van der Waals surface area contributed by atoms with E-state index in [1.807, 2.05) is 13.8 Å². The van der Waals surface area contributed by atoms with E-state index in [1.54, 1.807) is 26.4 Å². The van der Waals surface area contributed by atoms with E-state index < -0.39 is 5.54 Å². The highest BCUT2D eigenvalue weighted by Crippen LogP contribution is 2.35. The lowest BCUT2D eigenvalue weighted by Crippen LogP contribution is -2.38. The molecule has 2 N–H and O–H groups in total. The molecule has 2 aromatic rings. The SMILES string of the molecule is COc1cc2nc(Cl)nc(OCC(C)(C)N)c2cc1OC. The van der Waals surface area contributed by atoms with Crippen LogP contribution >= 0.6 is 11.6 Å². The lowest BCUT2D eigenvalue weighted by molar-refractivity contribution is 0.237. The second-order valence-corrected chi connectivity index (χ2v) is 5.64. The van der Waals surface area contributed by atoms with Gasteiger partial charge in [-0.05, 0) is 31.5 Å². The number of nitrogens with two attached hydrogens (primary N) is 1. The fraction of sp³-hybridized carbons (Fsp3) is 0.429. The Hall–Kier alpha value is -1.79. The van der Waals surface area contributed by atoms with Crippen LogP contribution in [0.2, 0.25) is 5.28 Å². The lowest BCUT2D eigenvalue weighted by atomic mass is 10.1. The summed E-state index contributed by atoms with van der Waals surface area (Å²) in [6, 6.07) is 3.48. The molecule has 114 valence electrons. The van der Waals surface area contributed by atoms with Crippen molar-refractivity contribution in [2.75, 3.05) is 20.8 Å². The van der Waals surface area contributed by atoms with Crippen LogP contribution < -0.4 is 19.9 Å². The molecule has 0 aliphatic rings. The molecule has 1 heterocycles. The van der Waals surface area contributed by atoms with Crippen LogP contribution in [0.15, 0.2) is 12.1 Å². The summed E-state index contributed by atoms with van der Waals surface area (Å²) in [5.74, 6) is 1.49. The van der Waals surface area contributed by atoms with Gasteiger partial charge in [-0.1, -0.05) is 0 Å². The van der Waals surface area contributed by atoms with Crippen LogP contribution in [-0.2, 0) is 0 Å². The van der Waals surface area contributed by atoms with E-state index in [0.717, 1.165) is 0 Å². The van der Waals surface area contributed by atoms with Crippen molar-refractivity contribution < 1.29 is 14.2 Å². The third kappa shape index (κ3) is 3.65. The molecule has 0 fully saturated rings. The predicted octanol–water partition coefficient (Wildman–Crippen LogP) is 2.42. The zero-order valence-corrected chi connectivity index (χ0v) is 13.2. The molecule has 0 saturated carbocycles.